The number of nitrogens with one attached hydrogen (secondary N) is 1. The highest BCUT2D eigenvalue weighted by atomic mass is 16.3. The van der Waals surface area contributed by atoms with Crippen LogP contribution in [0.5, 0.6) is 0 Å². The zero-order valence-electron chi connectivity index (χ0n) is 6.15. The van der Waals surface area contributed by atoms with Gasteiger partial charge in [0.2, 0.25) is 0 Å². The number of aliphatic hydroxyl groups excluding tert-OH is 1. The first kappa shape index (κ1) is 8.50. The molecule has 0 aliphatic rings. The fraction of sp³-hybridized carbons (Fsp3) is 0.714. The van der Waals surface area contributed by atoms with Gasteiger partial charge in [0.25, 0.3) is 0 Å². The monoisotopic (exact) mass is 129 g/mol. The molecule has 0 amide bonds. The van der Waals surface area contributed by atoms with Crippen LogP contribution in [0.4, 0.5) is 0 Å². The molecule has 0 radical (unpaired) electrons. The van der Waals surface area contributed by atoms with Gasteiger partial charge in [-0.15, -0.1) is 0 Å². The Kier molecular flexibility index (Phi) is 4.14. The Morgan fingerprint density at radius 1 is 1.67 bits per heavy atom. The van der Waals surface area contributed by atoms with Gasteiger partial charge in [0.15, 0.2) is 0 Å². The van der Waals surface area contributed by atoms with E-state index in [1.807, 2.05) is 13.8 Å². The molecule has 0 saturated carbocycles. The summed E-state index contributed by atoms with van der Waals surface area (Å²) in [5, 5.41) is 12.0. The van der Waals surface area contributed by atoms with Crippen LogP contribution in [-0.4, -0.2) is 17.7 Å². The van der Waals surface area contributed by atoms with Crippen LogP contribution in [-0.2, 0) is 0 Å². The van der Waals surface area contributed by atoms with E-state index >= 15 is 0 Å². The Labute approximate surface area is 56.6 Å². The summed E-state index contributed by atoms with van der Waals surface area (Å²) in [6.45, 7) is 8.33. The predicted molar refractivity (Wildman–Crippen MR) is 39.5 cm³/mol. The van der Waals surface area contributed by atoms with E-state index in [4.69, 9.17) is 5.11 Å². The molecule has 9 heavy (non-hydrogen) atoms. The van der Waals surface area contributed by atoms with Gasteiger partial charge in [0.05, 0.1) is 6.04 Å². The highest BCUT2D eigenvalue weighted by Crippen LogP contribution is 1.98. The molecule has 0 fully saturated rings. The van der Waals surface area contributed by atoms with Crippen LogP contribution in [0.3, 0.4) is 0 Å². The third kappa shape index (κ3) is 3.14. The normalized spacial score (nSPS) is 13.1. The quantitative estimate of drug-likeness (QED) is 0.563. The molecule has 0 heterocycles. The largest absolute Gasteiger partial charge is 0.511 e. The van der Waals surface area contributed by atoms with Crippen molar-refractivity contribution in [3.05, 3.63) is 12.3 Å². The van der Waals surface area contributed by atoms with Crippen molar-refractivity contribution in [3.63, 3.8) is 0 Å². The molecular weight excluding hydrogens is 114 g/mol. The van der Waals surface area contributed by atoms with E-state index < -0.39 is 0 Å². The fourth-order valence-electron chi connectivity index (χ4n) is 0.744. The molecule has 2 nitrogen and oxygen atoms in total. The van der Waals surface area contributed by atoms with Crippen molar-refractivity contribution >= 4 is 0 Å². The first-order valence-electron chi connectivity index (χ1n) is 3.33. The van der Waals surface area contributed by atoms with Gasteiger partial charge >= 0.3 is 0 Å². The topological polar surface area (TPSA) is 32.3 Å². The lowest BCUT2D eigenvalue weighted by Crippen LogP contribution is -2.29. The average molecular weight is 129 g/mol. The van der Waals surface area contributed by atoms with Crippen LogP contribution in [0, 0.1) is 0 Å². The Hall–Kier alpha value is -0.500. The van der Waals surface area contributed by atoms with Crippen molar-refractivity contribution in [2.75, 3.05) is 6.54 Å². The van der Waals surface area contributed by atoms with Gasteiger partial charge in [-0.3, -0.25) is 0 Å². The Balaban J connectivity index is 3.54. The van der Waals surface area contributed by atoms with Crippen molar-refractivity contribution in [3.8, 4) is 0 Å². The Morgan fingerprint density at radius 2 is 2.22 bits per heavy atom. The predicted octanol–water partition coefficient (Wildman–Crippen LogP) is 1.45. The zero-order valence-corrected chi connectivity index (χ0v) is 6.15. The second-order valence-corrected chi connectivity index (χ2v) is 2.01. The maximum Gasteiger partial charge on any atom is 0.102 e. The Morgan fingerprint density at radius 3 is 2.33 bits per heavy atom. The fourth-order valence-corrected chi connectivity index (χ4v) is 0.744. The molecular formula is C7H15NO. The van der Waals surface area contributed by atoms with E-state index in [-0.39, 0.29) is 11.8 Å². The Bertz CT molecular complexity index is 90.9. The molecule has 0 aliphatic heterocycles. The lowest BCUT2D eigenvalue weighted by atomic mass is 10.2. The van der Waals surface area contributed by atoms with Crippen LogP contribution in [0.1, 0.15) is 20.3 Å². The standard InChI is InChI=1S/C7H15NO/c1-4-7(6(3)9)8-5-2/h7-9H,3-5H2,1-2H3/t7-/m0/s1. The number of rotatable bonds is 4. The van der Waals surface area contributed by atoms with Crippen LogP contribution >= 0.6 is 0 Å². The molecule has 0 saturated heterocycles. The summed E-state index contributed by atoms with van der Waals surface area (Å²) in [7, 11) is 0. The SMILES string of the molecule is C=C(O)[C@H](CC)NCC. The van der Waals surface area contributed by atoms with Gasteiger partial charge in [-0.05, 0) is 13.0 Å². The molecule has 2 N–H and O–H groups in total. The molecule has 0 aromatic carbocycles. The molecule has 0 rings (SSSR count). The third-order valence-electron chi connectivity index (χ3n) is 1.26. The van der Waals surface area contributed by atoms with Crippen molar-refractivity contribution < 1.29 is 5.11 Å². The van der Waals surface area contributed by atoms with Crippen molar-refractivity contribution in [2.24, 2.45) is 0 Å². The second-order valence-electron chi connectivity index (χ2n) is 2.01. The minimum absolute atomic E-state index is 0.0787. The minimum atomic E-state index is 0.0787. The maximum absolute atomic E-state index is 8.89. The van der Waals surface area contributed by atoms with E-state index in [2.05, 4.69) is 11.9 Å². The first-order chi connectivity index (χ1) is 4.22. The molecule has 54 valence electrons. The number of aliphatic hydroxyl groups is 1. The summed E-state index contributed by atoms with van der Waals surface area (Å²) in [6, 6.07) is 0.0787. The first-order valence-corrected chi connectivity index (χ1v) is 3.33. The van der Waals surface area contributed by atoms with Crippen molar-refractivity contribution in [2.45, 2.75) is 26.3 Å². The lowest BCUT2D eigenvalue weighted by molar-refractivity contribution is 0.340. The van der Waals surface area contributed by atoms with Crippen LogP contribution in [0.25, 0.3) is 0 Å². The summed E-state index contributed by atoms with van der Waals surface area (Å²) < 4.78 is 0. The smallest absolute Gasteiger partial charge is 0.102 e. The van der Waals surface area contributed by atoms with Crippen molar-refractivity contribution in [1.82, 2.24) is 5.32 Å². The van der Waals surface area contributed by atoms with E-state index in [1.54, 1.807) is 0 Å². The summed E-state index contributed by atoms with van der Waals surface area (Å²) in [4.78, 5) is 0. The highest BCUT2D eigenvalue weighted by molar-refractivity contribution is 4.93. The average Bonchev–Trinajstić information content (AvgIpc) is 1.82. The maximum atomic E-state index is 8.89. The van der Waals surface area contributed by atoms with Crippen LogP contribution in [0.15, 0.2) is 12.3 Å². The number of hydrogen-bond donors (Lipinski definition) is 2. The molecule has 0 bridgehead atoms. The molecule has 0 spiro atoms. The van der Waals surface area contributed by atoms with Gasteiger partial charge in [0, 0.05) is 0 Å². The third-order valence-corrected chi connectivity index (χ3v) is 1.26. The van der Waals surface area contributed by atoms with Crippen LogP contribution in [0.2, 0.25) is 0 Å². The van der Waals surface area contributed by atoms with Crippen molar-refractivity contribution in [1.29, 1.82) is 0 Å². The van der Waals surface area contributed by atoms with Crippen LogP contribution < -0.4 is 5.32 Å². The zero-order chi connectivity index (χ0) is 7.28. The molecule has 1 atom stereocenters. The van der Waals surface area contributed by atoms with E-state index in [9.17, 15) is 0 Å². The van der Waals surface area contributed by atoms with E-state index in [0.717, 1.165) is 13.0 Å². The summed E-state index contributed by atoms with van der Waals surface area (Å²) in [6.07, 6.45) is 0.892. The molecule has 0 unspecified atom stereocenters. The molecule has 0 aliphatic carbocycles. The second kappa shape index (κ2) is 4.39. The molecule has 0 aromatic heterocycles. The van der Waals surface area contributed by atoms with Gasteiger partial charge < -0.3 is 10.4 Å². The highest BCUT2D eigenvalue weighted by Gasteiger charge is 2.04. The van der Waals surface area contributed by atoms with Gasteiger partial charge in [-0.25, -0.2) is 0 Å². The summed E-state index contributed by atoms with van der Waals surface area (Å²) >= 11 is 0. The van der Waals surface area contributed by atoms with Gasteiger partial charge in [-0.2, -0.15) is 0 Å². The summed E-state index contributed by atoms with van der Waals surface area (Å²) in [5.41, 5.74) is 0. The molecule has 0 aromatic rings. The minimum Gasteiger partial charge on any atom is -0.511 e. The van der Waals surface area contributed by atoms with E-state index in [0.29, 0.717) is 0 Å². The molecule has 2 heteroatoms. The lowest BCUT2D eigenvalue weighted by Gasteiger charge is -2.12. The number of likely N-dealkylation sites (N-methyl/N-ethyl adjacent to an activating group) is 1. The van der Waals surface area contributed by atoms with Gasteiger partial charge in [-0.1, -0.05) is 20.4 Å². The summed E-state index contributed by atoms with van der Waals surface area (Å²) in [5.74, 6) is 0.236. The van der Waals surface area contributed by atoms with E-state index in [1.165, 1.54) is 0 Å². The van der Waals surface area contributed by atoms with Gasteiger partial charge in [0.1, 0.15) is 5.76 Å². The number of hydrogen-bond acceptors (Lipinski definition) is 2.